The molecule has 0 aliphatic carbocycles. The molecular formula is C18H16N4O3. The number of nitrogens with one attached hydrogen (secondary N) is 1. The van der Waals surface area contributed by atoms with Crippen molar-refractivity contribution in [2.75, 3.05) is 0 Å². The van der Waals surface area contributed by atoms with E-state index in [0.717, 1.165) is 0 Å². The Bertz CT molecular complexity index is 933. The Hall–Kier alpha value is -3.61. The lowest BCUT2D eigenvalue weighted by molar-refractivity contribution is 0.0952. The molecule has 0 atom stereocenters. The highest BCUT2D eigenvalue weighted by Crippen LogP contribution is 2.18. The van der Waals surface area contributed by atoms with Crippen LogP contribution in [0.1, 0.15) is 22.8 Å². The van der Waals surface area contributed by atoms with E-state index < -0.39 is 11.8 Å². The van der Waals surface area contributed by atoms with Crippen molar-refractivity contribution in [1.29, 1.82) is 0 Å². The molecule has 25 heavy (non-hydrogen) atoms. The molecule has 1 heterocycles. The average molecular weight is 336 g/mol. The summed E-state index contributed by atoms with van der Waals surface area (Å²) < 4.78 is 1.41. The van der Waals surface area contributed by atoms with Crippen LogP contribution in [0, 0.1) is 0 Å². The number of hydrogen-bond donors (Lipinski definition) is 3. The van der Waals surface area contributed by atoms with Crippen molar-refractivity contribution in [3.8, 4) is 17.3 Å². The van der Waals surface area contributed by atoms with Gasteiger partial charge < -0.3 is 10.2 Å². The number of amides is 1. The van der Waals surface area contributed by atoms with E-state index in [9.17, 15) is 15.0 Å². The number of aromatic nitrogens is 2. The van der Waals surface area contributed by atoms with Crippen molar-refractivity contribution >= 4 is 11.6 Å². The summed E-state index contributed by atoms with van der Waals surface area (Å²) >= 11 is 0. The summed E-state index contributed by atoms with van der Waals surface area (Å²) in [6, 6.07) is 15.8. The molecule has 7 nitrogen and oxygen atoms in total. The van der Waals surface area contributed by atoms with Crippen molar-refractivity contribution in [3.05, 3.63) is 71.9 Å². The van der Waals surface area contributed by atoms with E-state index in [-0.39, 0.29) is 11.3 Å². The third kappa shape index (κ3) is 3.50. The molecular weight excluding hydrogens is 320 g/mol. The summed E-state index contributed by atoms with van der Waals surface area (Å²) in [5.74, 6) is -0.927. The average Bonchev–Trinajstić information content (AvgIpc) is 3.02. The highest BCUT2D eigenvalue weighted by Gasteiger charge is 2.16. The molecule has 0 aliphatic rings. The highest BCUT2D eigenvalue weighted by molar-refractivity contribution is 6.02. The summed E-state index contributed by atoms with van der Waals surface area (Å²) in [6.45, 7) is 1.66. The fourth-order valence-corrected chi connectivity index (χ4v) is 2.27. The molecule has 2 aromatic carbocycles. The van der Waals surface area contributed by atoms with E-state index in [1.807, 2.05) is 18.2 Å². The maximum Gasteiger partial charge on any atom is 0.278 e. The number of nitrogens with zero attached hydrogens (tertiary/aromatic N) is 3. The number of carbonyl (C=O) groups excluding carboxylic acids is 1. The minimum Gasteiger partial charge on any atom is -0.507 e. The first-order chi connectivity index (χ1) is 12.1. The lowest BCUT2D eigenvalue weighted by Crippen LogP contribution is -2.19. The first-order valence-corrected chi connectivity index (χ1v) is 7.53. The van der Waals surface area contributed by atoms with Crippen molar-refractivity contribution in [3.63, 3.8) is 0 Å². The summed E-state index contributed by atoms with van der Waals surface area (Å²) in [7, 11) is 0. The normalized spacial score (nSPS) is 11.3. The third-order valence-electron chi connectivity index (χ3n) is 3.58. The second-order valence-electron chi connectivity index (χ2n) is 5.30. The molecule has 126 valence electrons. The third-order valence-corrected chi connectivity index (χ3v) is 3.58. The number of hydrogen-bond acceptors (Lipinski definition) is 5. The van der Waals surface area contributed by atoms with Crippen LogP contribution in [0.2, 0.25) is 0 Å². The fourth-order valence-electron chi connectivity index (χ4n) is 2.27. The van der Waals surface area contributed by atoms with Gasteiger partial charge in [-0.05, 0) is 31.2 Å². The Morgan fingerprint density at radius 2 is 1.72 bits per heavy atom. The van der Waals surface area contributed by atoms with Crippen molar-refractivity contribution in [2.24, 2.45) is 5.10 Å². The minimum absolute atomic E-state index is 0.00214. The van der Waals surface area contributed by atoms with Crippen LogP contribution in [0.15, 0.2) is 65.9 Å². The topological polar surface area (TPSA) is 99.7 Å². The van der Waals surface area contributed by atoms with Gasteiger partial charge in [-0.1, -0.05) is 30.3 Å². The van der Waals surface area contributed by atoms with Crippen LogP contribution in [0.4, 0.5) is 0 Å². The number of phenols is 1. The second-order valence-corrected chi connectivity index (χ2v) is 5.30. The lowest BCUT2D eigenvalue weighted by Gasteiger charge is -2.04. The number of aromatic hydroxyl groups is 2. The maximum atomic E-state index is 12.2. The summed E-state index contributed by atoms with van der Waals surface area (Å²) in [5.41, 5.74) is 4.00. The number of phenolic OH excluding ortho intramolecular Hbond substituents is 1. The van der Waals surface area contributed by atoms with E-state index in [0.29, 0.717) is 17.0 Å². The first-order valence-electron chi connectivity index (χ1n) is 7.53. The smallest absolute Gasteiger partial charge is 0.278 e. The predicted octanol–water partition coefficient (Wildman–Crippen LogP) is 2.44. The molecule has 0 saturated heterocycles. The first kappa shape index (κ1) is 16.3. The van der Waals surface area contributed by atoms with Crippen LogP contribution < -0.4 is 5.43 Å². The summed E-state index contributed by atoms with van der Waals surface area (Å²) in [4.78, 5) is 12.2. The van der Waals surface area contributed by atoms with Gasteiger partial charge in [0.2, 0.25) is 5.88 Å². The van der Waals surface area contributed by atoms with Crippen molar-refractivity contribution < 1.29 is 15.0 Å². The van der Waals surface area contributed by atoms with Crippen LogP contribution in [0.25, 0.3) is 5.69 Å². The molecule has 0 radical (unpaired) electrons. The van der Waals surface area contributed by atoms with Gasteiger partial charge in [0, 0.05) is 11.8 Å². The van der Waals surface area contributed by atoms with Gasteiger partial charge in [-0.25, -0.2) is 10.1 Å². The SMILES string of the molecule is C/C(=N\NC(=O)c1cn(-c2ccccc2)nc1O)c1ccccc1O. The monoisotopic (exact) mass is 336 g/mol. The molecule has 0 saturated carbocycles. The molecule has 1 amide bonds. The molecule has 0 fully saturated rings. The maximum absolute atomic E-state index is 12.2. The Morgan fingerprint density at radius 1 is 1.04 bits per heavy atom. The van der Waals surface area contributed by atoms with Crippen molar-refractivity contribution in [2.45, 2.75) is 6.92 Å². The second kappa shape index (κ2) is 6.88. The van der Waals surface area contributed by atoms with Crippen molar-refractivity contribution in [1.82, 2.24) is 15.2 Å². The van der Waals surface area contributed by atoms with Crippen LogP contribution in [0.3, 0.4) is 0 Å². The van der Waals surface area contributed by atoms with E-state index >= 15 is 0 Å². The largest absolute Gasteiger partial charge is 0.507 e. The van der Waals surface area contributed by atoms with E-state index in [2.05, 4.69) is 15.6 Å². The lowest BCUT2D eigenvalue weighted by atomic mass is 10.1. The van der Waals surface area contributed by atoms with Gasteiger partial charge in [0.25, 0.3) is 5.91 Å². The van der Waals surface area contributed by atoms with Gasteiger partial charge in [0.05, 0.1) is 11.4 Å². The minimum atomic E-state index is -0.602. The van der Waals surface area contributed by atoms with Gasteiger partial charge in [-0.15, -0.1) is 5.10 Å². The van der Waals surface area contributed by atoms with E-state index in [1.165, 1.54) is 16.9 Å². The number of benzene rings is 2. The predicted molar refractivity (Wildman–Crippen MR) is 93.0 cm³/mol. The zero-order chi connectivity index (χ0) is 17.8. The molecule has 3 rings (SSSR count). The molecule has 0 spiro atoms. The fraction of sp³-hybridized carbons (Fsp3) is 0.0556. The molecule has 0 bridgehead atoms. The number of para-hydroxylation sites is 2. The molecule has 3 aromatic rings. The summed E-state index contributed by atoms with van der Waals surface area (Å²) in [6.07, 6.45) is 1.42. The highest BCUT2D eigenvalue weighted by atomic mass is 16.3. The van der Waals surface area contributed by atoms with Gasteiger partial charge in [-0.3, -0.25) is 4.79 Å². The molecule has 7 heteroatoms. The Labute approximate surface area is 143 Å². The van der Waals surface area contributed by atoms with Crippen LogP contribution in [-0.4, -0.2) is 31.6 Å². The Kier molecular flexibility index (Phi) is 4.47. The van der Waals surface area contributed by atoms with Gasteiger partial charge >= 0.3 is 0 Å². The standard InChI is InChI=1S/C18H16N4O3/c1-12(14-9-5-6-10-16(14)23)19-20-17(24)15-11-22(21-18(15)25)13-7-3-2-4-8-13/h2-11,23H,1H3,(H,20,24)(H,21,25)/b19-12+. The quantitative estimate of drug-likeness (QED) is 0.503. The van der Waals surface area contributed by atoms with Crippen LogP contribution in [-0.2, 0) is 0 Å². The Morgan fingerprint density at radius 3 is 2.44 bits per heavy atom. The number of hydrazone groups is 1. The van der Waals surface area contributed by atoms with Gasteiger partial charge in [0.1, 0.15) is 11.3 Å². The zero-order valence-electron chi connectivity index (χ0n) is 13.4. The zero-order valence-corrected chi connectivity index (χ0v) is 13.4. The summed E-state index contributed by atoms with van der Waals surface area (Å²) in [5, 5.41) is 27.6. The molecule has 3 N–H and O–H groups in total. The van der Waals surface area contributed by atoms with Crippen LogP contribution in [0.5, 0.6) is 11.6 Å². The Balaban J connectivity index is 1.79. The molecule has 0 aliphatic heterocycles. The van der Waals surface area contributed by atoms with E-state index in [4.69, 9.17) is 0 Å². The van der Waals surface area contributed by atoms with Gasteiger partial charge in [-0.2, -0.15) is 5.10 Å². The van der Waals surface area contributed by atoms with Gasteiger partial charge in [0.15, 0.2) is 0 Å². The van der Waals surface area contributed by atoms with Crippen LogP contribution >= 0.6 is 0 Å². The number of carbonyl (C=O) groups is 1. The van der Waals surface area contributed by atoms with E-state index in [1.54, 1.807) is 37.3 Å². The number of rotatable bonds is 4. The molecule has 1 aromatic heterocycles. The molecule has 0 unspecified atom stereocenters.